The van der Waals surface area contributed by atoms with Gasteiger partial charge < -0.3 is 14.7 Å². The van der Waals surface area contributed by atoms with E-state index in [2.05, 4.69) is 20.9 Å². The summed E-state index contributed by atoms with van der Waals surface area (Å²) in [5, 5.41) is 20.5. The van der Waals surface area contributed by atoms with Crippen LogP contribution in [0, 0.1) is 10.1 Å². The van der Waals surface area contributed by atoms with E-state index >= 15 is 0 Å². The number of rotatable bonds is 3. The summed E-state index contributed by atoms with van der Waals surface area (Å²) in [5.74, 6) is 0.299. The van der Waals surface area contributed by atoms with Gasteiger partial charge in [0.1, 0.15) is 0 Å². The van der Waals surface area contributed by atoms with Crippen LogP contribution in [0.3, 0.4) is 0 Å². The highest BCUT2D eigenvalue weighted by atomic mass is 79.9. The minimum atomic E-state index is -0.506. The van der Waals surface area contributed by atoms with Crippen LogP contribution < -0.4 is 4.90 Å². The van der Waals surface area contributed by atoms with Gasteiger partial charge in [-0.15, -0.1) is 0 Å². The molecule has 0 saturated carbocycles. The first kappa shape index (κ1) is 15.1. The predicted octanol–water partition coefficient (Wildman–Crippen LogP) is 1.73. The Hall–Kier alpha value is -1.25. The van der Waals surface area contributed by atoms with Crippen LogP contribution in [-0.4, -0.2) is 46.4 Å². The van der Waals surface area contributed by atoms with Crippen LogP contribution in [0.25, 0.3) is 0 Å². The van der Waals surface area contributed by atoms with Gasteiger partial charge in [0.05, 0.1) is 23.2 Å². The number of nitro groups is 1. The molecule has 2 heterocycles. The fourth-order valence-electron chi connectivity index (χ4n) is 2.35. The molecule has 0 radical (unpaired) electrons. The summed E-state index contributed by atoms with van der Waals surface area (Å²) in [6, 6.07) is 1.43. The molecule has 0 amide bonds. The number of ether oxygens (including phenoxy) is 1. The third-order valence-electron chi connectivity index (χ3n) is 3.00. The summed E-state index contributed by atoms with van der Waals surface area (Å²) in [6.07, 6.45) is 1.14. The molecule has 1 saturated heterocycles. The average molecular weight is 346 g/mol. The molecule has 8 heteroatoms. The van der Waals surface area contributed by atoms with Crippen LogP contribution >= 0.6 is 15.9 Å². The second-order valence-electron chi connectivity index (χ2n) is 5.32. The van der Waals surface area contributed by atoms with Crippen LogP contribution in [0.15, 0.2) is 16.7 Å². The predicted molar refractivity (Wildman–Crippen MR) is 76.8 cm³/mol. The molecule has 2 rings (SSSR count). The summed E-state index contributed by atoms with van der Waals surface area (Å²) in [4.78, 5) is 16.7. The Balaban J connectivity index is 2.37. The molecule has 0 bridgehead atoms. The van der Waals surface area contributed by atoms with Gasteiger partial charge in [-0.2, -0.15) is 0 Å². The molecule has 0 spiro atoms. The molecule has 0 aliphatic carbocycles. The lowest BCUT2D eigenvalue weighted by molar-refractivity contribution is -0.384. The van der Waals surface area contributed by atoms with Crippen molar-refractivity contribution >= 4 is 27.4 Å². The Morgan fingerprint density at radius 1 is 1.70 bits per heavy atom. The number of hydrogen-bond donors (Lipinski definition) is 1. The highest BCUT2D eigenvalue weighted by Gasteiger charge is 2.36. The maximum atomic E-state index is 11.2. The number of aliphatic hydroxyl groups is 1. The summed E-state index contributed by atoms with van der Waals surface area (Å²) < 4.78 is 6.25. The first-order chi connectivity index (χ1) is 9.32. The van der Waals surface area contributed by atoms with Gasteiger partial charge in [0, 0.05) is 29.8 Å². The van der Waals surface area contributed by atoms with Crippen molar-refractivity contribution in [2.24, 2.45) is 0 Å². The van der Waals surface area contributed by atoms with Gasteiger partial charge in [0.25, 0.3) is 0 Å². The van der Waals surface area contributed by atoms with E-state index in [0.717, 1.165) is 0 Å². The van der Waals surface area contributed by atoms with E-state index in [-0.39, 0.29) is 18.4 Å². The lowest BCUT2D eigenvalue weighted by Gasteiger charge is -2.42. The Morgan fingerprint density at radius 3 is 3.00 bits per heavy atom. The van der Waals surface area contributed by atoms with Crippen molar-refractivity contribution in [2.75, 3.05) is 24.6 Å². The zero-order valence-electron chi connectivity index (χ0n) is 11.2. The molecule has 20 heavy (non-hydrogen) atoms. The fourth-order valence-corrected chi connectivity index (χ4v) is 2.67. The Labute approximate surface area is 124 Å². The highest BCUT2D eigenvalue weighted by Crippen LogP contribution is 2.32. The van der Waals surface area contributed by atoms with Gasteiger partial charge in [0.2, 0.25) is 5.82 Å². The van der Waals surface area contributed by atoms with Gasteiger partial charge >= 0.3 is 5.69 Å². The highest BCUT2D eigenvalue weighted by molar-refractivity contribution is 9.10. The minimum absolute atomic E-state index is 0.0613. The number of pyridine rings is 1. The largest absolute Gasteiger partial charge is 0.394 e. The Morgan fingerprint density at radius 2 is 2.40 bits per heavy atom. The first-order valence-corrected chi connectivity index (χ1v) is 6.95. The van der Waals surface area contributed by atoms with E-state index in [1.807, 2.05) is 13.8 Å². The second kappa shape index (κ2) is 5.63. The number of nitrogens with zero attached hydrogens (tertiary/aromatic N) is 3. The van der Waals surface area contributed by atoms with Gasteiger partial charge in [-0.3, -0.25) is 10.1 Å². The second-order valence-corrected chi connectivity index (χ2v) is 6.23. The van der Waals surface area contributed by atoms with Crippen molar-refractivity contribution in [1.29, 1.82) is 0 Å². The lowest BCUT2D eigenvalue weighted by atomic mass is 10.1. The van der Waals surface area contributed by atoms with E-state index in [1.54, 1.807) is 4.90 Å². The number of aliphatic hydroxyl groups excluding tert-OH is 1. The third kappa shape index (κ3) is 3.25. The van der Waals surface area contributed by atoms with Crippen molar-refractivity contribution in [3.05, 3.63) is 26.9 Å². The number of anilines is 1. The molecular weight excluding hydrogens is 330 g/mol. The summed E-state index contributed by atoms with van der Waals surface area (Å²) in [5.41, 5.74) is -0.567. The number of morpholine rings is 1. The summed E-state index contributed by atoms with van der Waals surface area (Å²) >= 11 is 3.19. The smallest absolute Gasteiger partial charge is 0.312 e. The maximum Gasteiger partial charge on any atom is 0.312 e. The molecule has 1 aromatic rings. The standard InChI is InChI=1S/C12H16BrN3O4/c1-12(2)7-15(5-9(6-17)20-12)11-10(16(18)19)3-8(13)4-14-11/h3-4,9,17H,5-7H2,1-2H3. The Kier molecular flexibility index (Phi) is 4.26. The van der Waals surface area contributed by atoms with Crippen LogP contribution in [0.1, 0.15) is 13.8 Å². The van der Waals surface area contributed by atoms with Crippen molar-refractivity contribution < 1.29 is 14.8 Å². The van der Waals surface area contributed by atoms with Gasteiger partial charge in [-0.05, 0) is 29.8 Å². The fraction of sp³-hybridized carbons (Fsp3) is 0.583. The van der Waals surface area contributed by atoms with Crippen LogP contribution in [0.5, 0.6) is 0 Å². The van der Waals surface area contributed by atoms with E-state index in [9.17, 15) is 15.2 Å². The topological polar surface area (TPSA) is 88.7 Å². The third-order valence-corrected chi connectivity index (χ3v) is 3.43. The monoisotopic (exact) mass is 345 g/mol. The SMILES string of the molecule is CC1(C)CN(c2ncc(Br)cc2[N+](=O)[O-])CC(CO)O1. The summed E-state index contributed by atoms with van der Waals surface area (Å²) in [6.45, 7) is 4.47. The molecule has 1 fully saturated rings. The molecule has 1 atom stereocenters. The van der Waals surface area contributed by atoms with Gasteiger partial charge in [-0.25, -0.2) is 4.98 Å². The molecule has 1 aliphatic rings. The number of aromatic nitrogens is 1. The van der Waals surface area contributed by atoms with E-state index in [0.29, 0.717) is 23.4 Å². The maximum absolute atomic E-state index is 11.2. The van der Waals surface area contributed by atoms with Crippen LogP contribution in [-0.2, 0) is 4.74 Å². The molecule has 1 unspecified atom stereocenters. The van der Waals surface area contributed by atoms with Crippen molar-refractivity contribution in [3.63, 3.8) is 0 Å². The Bertz CT molecular complexity index is 523. The number of halogens is 1. The quantitative estimate of drug-likeness (QED) is 0.662. The van der Waals surface area contributed by atoms with Crippen molar-refractivity contribution in [1.82, 2.24) is 4.98 Å². The zero-order valence-corrected chi connectivity index (χ0v) is 12.8. The van der Waals surface area contributed by atoms with Crippen LogP contribution in [0.4, 0.5) is 11.5 Å². The van der Waals surface area contributed by atoms with E-state index in [4.69, 9.17) is 4.74 Å². The van der Waals surface area contributed by atoms with Crippen molar-refractivity contribution in [2.45, 2.75) is 25.6 Å². The van der Waals surface area contributed by atoms with E-state index in [1.165, 1.54) is 12.3 Å². The molecule has 0 aromatic carbocycles. The number of hydrogen-bond acceptors (Lipinski definition) is 6. The lowest BCUT2D eigenvalue weighted by Crippen LogP contribution is -2.54. The van der Waals surface area contributed by atoms with Gasteiger partial charge in [-0.1, -0.05) is 0 Å². The molecule has 110 valence electrons. The van der Waals surface area contributed by atoms with E-state index < -0.39 is 10.5 Å². The molecule has 7 nitrogen and oxygen atoms in total. The first-order valence-electron chi connectivity index (χ1n) is 6.16. The molecule has 1 N–H and O–H groups in total. The zero-order chi connectivity index (χ0) is 14.9. The molecule has 1 aromatic heterocycles. The van der Waals surface area contributed by atoms with Crippen LogP contribution in [0.2, 0.25) is 0 Å². The average Bonchev–Trinajstić information content (AvgIpc) is 2.36. The molecule has 1 aliphatic heterocycles. The minimum Gasteiger partial charge on any atom is -0.394 e. The summed E-state index contributed by atoms with van der Waals surface area (Å²) in [7, 11) is 0. The molecular formula is C12H16BrN3O4. The van der Waals surface area contributed by atoms with Crippen molar-refractivity contribution in [3.8, 4) is 0 Å². The normalized spacial score (nSPS) is 21.8. The van der Waals surface area contributed by atoms with Gasteiger partial charge in [0.15, 0.2) is 0 Å².